The Bertz CT molecular complexity index is 785. The van der Waals surface area contributed by atoms with E-state index in [1.165, 1.54) is 0 Å². The van der Waals surface area contributed by atoms with E-state index in [-0.39, 0.29) is 6.07 Å². The fraction of sp³-hybridized carbons (Fsp3) is 0. The predicted octanol–water partition coefficient (Wildman–Crippen LogP) is 0.692. The van der Waals surface area contributed by atoms with Crippen LogP contribution in [0.3, 0.4) is 0 Å². The molecule has 11 nitrogen and oxygen atoms in total. The molecular weight excluding hydrogens is 344 g/mol. The van der Waals surface area contributed by atoms with Gasteiger partial charge in [0.05, 0.1) is 20.5 Å². The lowest BCUT2D eigenvalue weighted by Gasteiger charge is -2.03. The molecule has 0 aliphatic carbocycles. The van der Waals surface area contributed by atoms with E-state index < -0.39 is 45.6 Å². The first-order valence-corrected chi connectivity index (χ1v) is 7.92. The van der Waals surface area contributed by atoms with Crippen LogP contribution < -0.4 is 0 Å². The summed E-state index contributed by atoms with van der Waals surface area (Å²) in [6.07, 6.45) is 0. The summed E-state index contributed by atoms with van der Waals surface area (Å²) in [7, 11) is -5.66. The Morgan fingerprint density at radius 3 is 2.00 bits per heavy atom. The van der Waals surface area contributed by atoms with Gasteiger partial charge < -0.3 is 0 Å². The number of non-ortho nitro benzene ring substituents is 1. The first kappa shape index (κ1) is 16.2. The molecule has 1 aromatic carbocycles. The van der Waals surface area contributed by atoms with Gasteiger partial charge in [-0.25, -0.2) is 0 Å². The average molecular weight is 347 g/mol. The van der Waals surface area contributed by atoms with Crippen LogP contribution in [0.15, 0.2) is 23.1 Å². The first-order valence-electron chi connectivity index (χ1n) is 4.27. The van der Waals surface area contributed by atoms with E-state index in [9.17, 15) is 37.1 Å². The molecule has 0 aliphatic heterocycles. The Morgan fingerprint density at radius 2 is 1.60 bits per heavy atom. The van der Waals surface area contributed by atoms with Crippen molar-refractivity contribution >= 4 is 41.5 Å². The summed E-state index contributed by atoms with van der Waals surface area (Å²) in [5, 5.41) is 21.2. The van der Waals surface area contributed by atoms with Crippen molar-refractivity contribution in [1.82, 2.24) is 0 Å². The fourth-order valence-electron chi connectivity index (χ4n) is 1.11. The maximum absolute atomic E-state index is 11.5. The van der Waals surface area contributed by atoms with Crippen LogP contribution in [0.1, 0.15) is 0 Å². The van der Waals surface area contributed by atoms with E-state index in [0.717, 1.165) is 0 Å². The van der Waals surface area contributed by atoms with Gasteiger partial charge in [0, 0.05) is 18.2 Å². The van der Waals surface area contributed by atoms with Gasteiger partial charge in [-0.3, -0.25) is 20.2 Å². The number of rotatable bonds is 5. The molecule has 0 saturated carbocycles. The van der Waals surface area contributed by atoms with Crippen LogP contribution in [0.2, 0.25) is 0 Å². The lowest BCUT2D eigenvalue weighted by atomic mass is 10.3. The summed E-state index contributed by atoms with van der Waals surface area (Å²) < 4.78 is 47.8. The van der Waals surface area contributed by atoms with Crippen LogP contribution in [0, 0.1) is 20.2 Å². The van der Waals surface area contributed by atoms with Gasteiger partial charge in [-0.05, 0) is 0 Å². The van der Waals surface area contributed by atoms with Crippen LogP contribution >= 0.6 is 10.7 Å². The molecule has 0 spiro atoms. The summed E-state index contributed by atoms with van der Waals surface area (Å²) in [6, 6.07) is 1.48. The molecule has 0 atom stereocenters. The number of benzene rings is 1. The van der Waals surface area contributed by atoms with Crippen molar-refractivity contribution in [3.05, 3.63) is 38.4 Å². The Morgan fingerprint density at radius 1 is 1.05 bits per heavy atom. The normalized spacial score (nSPS) is 12.1. The quantitative estimate of drug-likeness (QED) is 0.423. The topological polar surface area (TPSA) is 164 Å². The van der Waals surface area contributed by atoms with Crippen LogP contribution in [0.25, 0.3) is 0 Å². The number of nitrogens with zero attached hydrogens (tertiary/aromatic N) is 2. The van der Waals surface area contributed by atoms with E-state index in [2.05, 4.69) is 14.3 Å². The summed E-state index contributed by atoms with van der Waals surface area (Å²) in [4.78, 5) is 17.6. The molecule has 0 aliphatic rings. The van der Waals surface area contributed by atoms with Gasteiger partial charge in [0.15, 0.2) is 4.90 Å². The largest absolute Gasteiger partial charge is 0.370 e. The summed E-state index contributed by atoms with van der Waals surface area (Å²) >= 11 is 0. The van der Waals surface area contributed by atoms with E-state index in [0.29, 0.717) is 12.1 Å². The highest BCUT2D eigenvalue weighted by Gasteiger charge is 2.33. The van der Waals surface area contributed by atoms with Gasteiger partial charge in [0.25, 0.3) is 11.4 Å². The summed E-state index contributed by atoms with van der Waals surface area (Å²) in [6.45, 7) is 0. The third-order valence-electron chi connectivity index (χ3n) is 1.79. The zero-order valence-corrected chi connectivity index (χ0v) is 11.4. The molecule has 110 valence electrons. The van der Waals surface area contributed by atoms with Crippen molar-refractivity contribution in [2.75, 3.05) is 0 Å². The Balaban J connectivity index is 3.59. The van der Waals surface area contributed by atoms with Gasteiger partial charge in [-0.1, -0.05) is 0 Å². The lowest BCUT2D eigenvalue weighted by Crippen LogP contribution is -2.12. The van der Waals surface area contributed by atoms with Crippen molar-refractivity contribution < 1.29 is 30.3 Å². The van der Waals surface area contributed by atoms with Gasteiger partial charge in [-0.2, -0.15) is 16.8 Å². The van der Waals surface area contributed by atoms with Crippen LogP contribution in [0.4, 0.5) is 11.4 Å². The maximum Gasteiger partial charge on any atom is 0.370 e. The van der Waals surface area contributed by atoms with Crippen molar-refractivity contribution in [3.63, 3.8) is 0 Å². The summed E-state index contributed by atoms with van der Waals surface area (Å²) in [5.74, 6) is 0. The molecule has 20 heavy (non-hydrogen) atoms. The van der Waals surface area contributed by atoms with E-state index in [1.807, 2.05) is 0 Å². The molecule has 1 rings (SSSR count). The molecule has 0 saturated heterocycles. The third kappa shape index (κ3) is 3.83. The maximum atomic E-state index is 11.5. The second-order valence-corrected chi connectivity index (χ2v) is 6.89. The number of halogens is 1. The standard InChI is InChI=1S/C6H3ClN2O9S2/c7-20(16,17)18-19(14,15)6-3-4(8(10)11)1-2-5(6)9(12)13/h1-3H. The number of nitro groups is 2. The minimum absolute atomic E-state index is 0.287. The second kappa shape index (κ2) is 5.28. The zero-order valence-electron chi connectivity index (χ0n) is 9.00. The van der Waals surface area contributed by atoms with Crippen molar-refractivity contribution in [1.29, 1.82) is 0 Å². The molecule has 0 heterocycles. The molecular formula is C6H3ClN2O9S2. The number of nitro benzene ring substituents is 2. The molecule has 0 fully saturated rings. The van der Waals surface area contributed by atoms with Crippen LogP contribution in [-0.4, -0.2) is 26.7 Å². The minimum Gasteiger partial charge on any atom is -0.258 e. The van der Waals surface area contributed by atoms with E-state index in [1.54, 1.807) is 0 Å². The van der Waals surface area contributed by atoms with Gasteiger partial charge in [0.1, 0.15) is 0 Å². The Hall–Kier alpha value is -1.83. The highest BCUT2D eigenvalue weighted by atomic mass is 35.7. The lowest BCUT2D eigenvalue weighted by molar-refractivity contribution is -0.391. The highest BCUT2D eigenvalue weighted by molar-refractivity contribution is 8.15. The molecule has 14 heteroatoms. The highest BCUT2D eigenvalue weighted by Crippen LogP contribution is 2.30. The van der Waals surface area contributed by atoms with Crippen LogP contribution in [-0.2, 0) is 23.1 Å². The first-order chi connectivity index (χ1) is 8.94. The zero-order chi connectivity index (χ0) is 15.7. The number of hydrogen-bond acceptors (Lipinski definition) is 9. The van der Waals surface area contributed by atoms with Gasteiger partial charge in [-0.15, -0.1) is 3.63 Å². The molecule has 0 radical (unpaired) electrons. The van der Waals surface area contributed by atoms with Crippen molar-refractivity contribution in [3.8, 4) is 0 Å². The van der Waals surface area contributed by atoms with E-state index >= 15 is 0 Å². The Kier molecular flexibility index (Phi) is 4.28. The molecule has 0 unspecified atom stereocenters. The third-order valence-corrected chi connectivity index (χ3v) is 4.49. The summed E-state index contributed by atoms with van der Waals surface area (Å²) in [5.41, 5.74) is -1.92. The van der Waals surface area contributed by atoms with Crippen molar-refractivity contribution in [2.24, 2.45) is 0 Å². The van der Waals surface area contributed by atoms with Gasteiger partial charge in [0.2, 0.25) is 0 Å². The molecule has 1 aromatic rings. The van der Waals surface area contributed by atoms with Gasteiger partial charge >= 0.3 is 19.4 Å². The fourth-order valence-corrected chi connectivity index (χ4v) is 3.53. The number of hydrogen-bond donors (Lipinski definition) is 0. The second-order valence-electron chi connectivity index (χ2n) is 3.08. The average Bonchev–Trinajstić information content (AvgIpc) is 2.24. The molecule has 0 amide bonds. The van der Waals surface area contributed by atoms with Crippen molar-refractivity contribution in [2.45, 2.75) is 4.90 Å². The SMILES string of the molecule is O=[N+]([O-])c1ccc([N+](=O)[O-])c(S(=O)(=O)OS(=O)(=O)Cl)c1. The molecule has 0 N–H and O–H groups in total. The minimum atomic E-state index is -5.22. The molecule has 0 bridgehead atoms. The van der Waals surface area contributed by atoms with Crippen LogP contribution in [0.5, 0.6) is 0 Å². The Labute approximate surface area is 115 Å². The monoisotopic (exact) mass is 346 g/mol. The smallest absolute Gasteiger partial charge is 0.258 e. The molecule has 0 aromatic heterocycles. The van der Waals surface area contributed by atoms with E-state index in [4.69, 9.17) is 0 Å². The predicted molar refractivity (Wildman–Crippen MR) is 62.8 cm³/mol.